The van der Waals surface area contributed by atoms with Gasteiger partial charge in [-0.3, -0.25) is 9.80 Å². The molecule has 4 nitrogen and oxygen atoms in total. The van der Waals surface area contributed by atoms with Crippen LogP contribution < -0.4 is 5.73 Å². The lowest BCUT2D eigenvalue weighted by Gasteiger charge is -2.38. The Hall–Kier alpha value is -0.610. The van der Waals surface area contributed by atoms with Gasteiger partial charge in [0.05, 0.1) is 6.54 Å². The van der Waals surface area contributed by atoms with Crippen molar-refractivity contribution in [3.63, 3.8) is 0 Å². The molecule has 0 aromatic heterocycles. The molecule has 1 unspecified atom stereocenters. The van der Waals surface area contributed by atoms with Crippen LogP contribution >= 0.6 is 0 Å². The maximum Gasteiger partial charge on any atom is 0.236 e. The van der Waals surface area contributed by atoms with E-state index in [1.54, 1.807) is 5.01 Å². The summed E-state index contributed by atoms with van der Waals surface area (Å²) in [6.07, 6.45) is 1.64. The summed E-state index contributed by atoms with van der Waals surface area (Å²) in [4.78, 5) is 11.5. The Morgan fingerprint density at radius 1 is 1.62 bits per heavy atom. The zero-order valence-electron chi connectivity index (χ0n) is 8.49. The highest BCUT2D eigenvalue weighted by molar-refractivity contribution is 5.76. The quantitative estimate of drug-likeness (QED) is 0.683. The van der Waals surface area contributed by atoms with Crippen LogP contribution in [0.3, 0.4) is 0 Å². The second kappa shape index (κ2) is 4.58. The third-order valence-electron chi connectivity index (χ3n) is 2.26. The molecule has 76 valence electrons. The smallest absolute Gasteiger partial charge is 0.236 e. The average molecular weight is 185 g/mol. The van der Waals surface area contributed by atoms with Crippen molar-refractivity contribution in [1.29, 1.82) is 0 Å². The topological polar surface area (TPSA) is 49.6 Å². The molecule has 2 N–H and O–H groups in total. The monoisotopic (exact) mass is 185 g/mol. The van der Waals surface area contributed by atoms with Crippen molar-refractivity contribution in [2.24, 2.45) is 5.73 Å². The van der Waals surface area contributed by atoms with Gasteiger partial charge in [-0.2, -0.15) is 0 Å². The Bertz CT molecular complexity index is 182. The Kier molecular flexibility index (Phi) is 3.69. The Morgan fingerprint density at radius 2 is 2.31 bits per heavy atom. The fourth-order valence-electron chi connectivity index (χ4n) is 1.64. The normalized spacial score (nSPS) is 22.1. The van der Waals surface area contributed by atoms with Gasteiger partial charge < -0.3 is 5.73 Å². The summed E-state index contributed by atoms with van der Waals surface area (Å²) in [6, 6.07) is 0.0519. The molecule has 0 aliphatic carbocycles. The maximum atomic E-state index is 11.5. The summed E-state index contributed by atoms with van der Waals surface area (Å²) in [6.45, 7) is 6.50. The summed E-state index contributed by atoms with van der Waals surface area (Å²) in [7, 11) is 0. The van der Waals surface area contributed by atoms with Crippen molar-refractivity contribution in [3.05, 3.63) is 0 Å². The van der Waals surface area contributed by atoms with Gasteiger partial charge in [-0.1, -0.05) is 6.92 Å². The molecule has 1 aliphatic heterocycles. The molecule has 0 radical (unpaired) electrons. The molecule has 1 fully saturated rings. The van der Waals surface area contributed by atoms with Gasteiger partial charge in [-0.05, 0) is 13.3 Å². The van der Waals surface area contributed by atoms with Crippen molar-refractivity contribution >= 4 is 5.91 Å². The second-order valence-corrected chi connectivity index (χ2v) is 3.60. The standard InChI is InChI=1S/C9H19N3O/c1-3-11-6-4-5-9(13)12(11)7-8(2)10/h8H,3-7,10H2,1-2H3. The number of nitrogens with two attached hydrogens (primary N) is 1. The molecule has 0 bridgehead atoms. The predicted molar refractivity (Wildman–Crippen MR) is 51.8 cm³/mol. The van der Waals surface area contributed by atoms with Gasteiger partial charge in [0, 0.05) is 25.6 Å². The molecule has 0 spiro atoms. The number of carbonyl (C=O) groups is 1. The second-order valence-electron chi connectivity index (χ2n) is 3.60. The van der Waals surface area contributed by atoms with Gasteiger partial charge >= 0.3 is 0 Å². The fraction of sp³-hybridized carbons (Fsp3) is 0.889. The minimum absolute atomic E-state index is 0.0519. The molecule has 1 atom stereocenters. The molecule has 1 heterocycles. The van der Waals surface area contributed by atoms with E-state index in [-0.39, 0.29) is 11.9 Å². The lowest BCUT2D eigenvalue weighted by atomic mass is 10.2. The highest BCUT2D eigenvalue weighted by Crippen LogP contribution is 2.11. The van der Waals surface area contributed by atoms with E-state index in [0.29, 0.717) is 13.0 Å². The van der Waals surface area contributed by atoms with Crippen LogP contribution in [0, 0.1) is 0 Å². The lowest BCUT2D eigenvalue weighted by molar-refractivity contribution is -0.155. The molecular formula is C9H19N3O. The zero-order chi connectivity index (χ0) is 9.84. The van der Waals surface area contributed by atoms with Gasteiger partial charge in [0.1, 0.15) is 0 Å². The van der Waals surface area contributed by atoms with Gasteiger partial charge in [0.2, 0.25) is 5.91 Å². The molecule has 4 heteroatoms. The summed E-state index contributed by atoms with van der Waals surface area (Å²) in [5, 5.41) is 3.88. The average Bonchev–Trinajstić information content (AvgIpc) is 2.08. The molecule has 1 aliphatic rings. The van der Waals surface area contributed by atoms with Crippen LogP contribution in [0.5, 0.6) is 0 Å². The predicted octanol–water partition coefficient (Wildman–Crippen LogP) is 0.193. The minimum atomic E-state index is 0.0519. The van der Waals surface area contributed by atoms with Gasteiger partial charge in [0.25, 0.3) is 0 Å². The number of hydrogen-bond acceptors (Lipinski definition) is 3. The maximum absolute atomic E-state index is 11.5. The van der Waals surface area contributed by atoms with E-state index >= 15 is 0 Å². The fourth-order valence-corrected chi connectivity index (χ4v) is 1.64. The highest BCUT2D eigenvalue weighted by atomic mass is 16.2. The van der Waals surface area contributed by atoms with Crippen molar-refractivity contribution in [3.8, 4) is 0 Å². The number of rotatable bonds is 3. The molecule has 1 saturated heterocycles. The summed E-state index contributed by atoms with van der Waals surface area (Å²) < 4.78 is 0. The molecule has 0 saturated carbocycles. The van der Waals surface area contributed by atoms with E-state index in [4.69, 9.17) is 5.73 Å². The zero-order valence-corrected chi connectivity index (χ0v) is 8.49. The highest BCUT2D eigenvalue weighted by Gasteiger charge is 2.24. The first-order valence-electron chi connectivity index (χ1n) is 4.96. The van der Waals surface area contributed by atoms with Crippen LogP contribution in [0.2, 0.25) is 0 Å². The van der Waals surface area contributed by atoms with E-state index in [2.05, 4.69) is 11.9 Å². The van der Waals surface area contributed by atoms with E-state index in [1.165, 1.54) is 0 Å². The van der Waals surface area contributed by atoms with Crippen LogP contribution in [0.15, 0.2) is 0 Å². The molecular weight excluding hydrogens is 166 g/mol. The van der Waals surface area contributed by atoms with E-state index < -0.39 is 0 Å². The first-order chi connectivity index (χ1) is 6.15. The molecule has 1 amide bonds. The SMILES string of the molecule is CCN1CCCC(=O)N1CC(C)N. The van der Waals surface area contributed by atoms with E-state index in [1.807, 2.05) is 6.92 Å². The van der Waals surface area contributed by atoms with Gasteiger partial charge in [-0.25, -0.2) is 5.01 Å². The molecule has 0 aromatic carbocycles. The Morgan fingerprint density at radius 3 is 2.85 bits per heavy atom. The number of hydrogen-bond donors (Lipinski definition) is 1. The van der Waals surface area contributed by atoms with Crippen LogP contribution in [-0.2, 0) is 4.79 Å². The van der Waals surface area contributed by atoms with Crippen molar-refractivity contribution in [2.75, 3.05) is 19.6 Å². The van der Waals surface area contributed by atoms with Crippen LogP contribution in [0.25, 0.3) is 0 Å². The Balaban J connectivity index is 2.56. The van der Waals surface area contributed by atoms with Crippen LogP contribution in [0.4, 0.5) is 0 Å². The van der Waals surface area contributed by atoms with Crippen molar-refractivity contribution in [2.45, 2.75) is 32.7 Å². The number of carbonyl (C=O) groups excluding carboxylic acids is 1. The van der Waals surface area contributed by atoms with Gasteiger partial charge in [0.15, 0.2) is 0 Å². The third-order valence-corrected chi connectivity index (χ3v) is 2.26. The van der Waals surface area contributed by atoms with Crippen LogP contribution in [0.1, 0.15) is 26.7 Å². The summed E-state index contributed by atoms with van der Waals surface area (Å²) in [5.74, 6) is 0.213. The number of hydrazine groups is 1. The number of nitrogens with zero attached hydrogens (tertiary/aromatic N) is 2. The van der Waals surface area contributed by atoms with E-state index in [9.17, 15) is 4.79 Å². The Labute approximate surface area is 79.6 Å². The van der Waals surface area contributed by atoms with Gasteiger partial charge in [-0.15, -0.1) is 0 Å². The number of amides is 1. The summed E-state index contributed by atoms with van der Waals surface area (Å²) in [5.41, 5.74) is 5.68. The molecule has 0 aromatic rings. The van der Waals surface area contributed by atoms with Crippen molar-refractivity contribution in [1.82, 2.24) is 10.0 Å². The first-order valence-corrected chi connectivity index (χ1v) is 4.96. The molecule has 13 heavy (non-hydrogen) atoms. The lowest BCUT2D eigenvalue weighted by Crippen LogP contribution is -2.53. The summed E-state index contributed by atoms with van der Waals surface area (Å²) >= 11 is 0. The van der Waals surface area contributed by atoms with Crippen molar-refractivity contribution < 1.29 is 4.79 Å². The van der Waals surface area contributed by atoms with E-state index in [0.717, 1.165) is 19.5 Å². The third kappa shape index (κ3) is 2.67. The molecule has 1 rings (SSSR count). The van der Waals surface area contributed by atoms with Crippen LogP contribution in [-0.4, -0.2) is 41.6 Å². The minimum Gasteiger partial charge on any atom is -0.326 e. The first kappa shape index (κ1) is 10.5. The largest absolute Gasteiger partial charge is 0.326 e.